The number of hydrogen-bond donors (Lipinski definition) is 0. The number of ketones is 1. The smallest absolute Gasteiger partial charge is 0.159 e. The Kier molecular flexibility index (Phi) is 4.50. The molecule has 0 amide bonds. The standard InChI is InChI=1S/C13H18O2/c1-4-5-13(15-3)12-8-6-11(7-9-12)10(2)14/h6-9,13H,4-5H2,1-3H3/t13-/m1/s1. The number of rotatable bonds is 5. The fraction of sp³-hybridized carbons (Fsp3) is 0.462. The Bertz CT molecular complexity index is 314. The summed E-state index contributed by atoms with van der Waals surface area (Å²) in [5, 5.41) is 0. The van der Waals surface area contributed by atoms with E-state index in [-0.39, 0.29) is 11.9 Å². The maximum absolute atomic E-state index is 11.1. The van der Waals surface area contributed by atoms with Crippen LogP contribution in [0.15, 0.2) is 24.3 Å². The zero-order chi connectivity index (χ0) is 11.3. The van der Waals surface area contributed by atoms with Gasteiger partial charge in [-0.15, -0.1) is 0 Å². The Morgan fingerprint density at radius 3 is 2.33 bits per heavy atom. The normalized spacial score (nSPS) is 12.5. The van der Waals surface area contributed by atoms with Crippen molar-refractivity contribution in [2.75, 3.05) is 7.11 Å². The zero-order valence-electron chi connectivity index (χ0n) is 9.62. The first kappa shape index (κ1) is 11.9. The molecule has 1 aromatic rings. The molecule has 0 fully saturated rings. The van der Waals surface area contributed by atoms with Crippen LogP contribution in [0.25, 0.3) is 0 Å². The minimum absolute atomic E-state index is 0.103. The highest BCUT2D eigenvalue weighted by molar-refractivity contribution is 5.94. The molecular formula is C13H18O2. The summed E-state index contributed by atoms with van der Waals surface area (Å²) in [6.07, 6.45) is 2.25. The summed E-state index contributed by atoms with van der Waals surface area (Å²) >= 11 is 0. The summed E-state index contributed by atoms with van der Waals surface area (Å²) < 4.78 is 5.39. The van der Waals surface area contributed by atoms with Crippen LogP contribution in [0.5, 0.6) is 0 Å². The zero-order valence-corrected chi connectivity index (χ0v) is 9.62. The van der Waals surface area contributed by atoms with Crippen molar-refractivity contribution >= 4 is 5.78 Å². The van der Waals surface area contributed by atoms with Crippen molar-refractivity contribution in [3.8, 4) is 0 Å². The van der Waals surface area contributed by atoms with Gasteiger partial charge in [-0.2, -0.15) is 0 Å². The van der Waals surface area contributed by atoms with Crippen molar-refractivity contribution in [2.24, 2.45) is 0 Å². The Labute approximate surface area is 91.3 Å². The quantitative estimate of drug-likeness (QED) is 0.690. The SMILES string of the molecule is CCC[C@@H](OC)c1ccc(C(C)=O)cc1. The molecule has 2 heteroatoms. The van der Waals surface area contributed by atoms with Crippen LogP contribution in [-0.4, -0.2) is 12.9 Å². The molecule has 0 bridgehead atoms. The minimum atomic E-state index is 0.103. The summed E-state index contributed by atoms with van der Waals surface area (Å²) in [5.74, 6) is 0.103. The van der Waals surface area contributed by atoms with E-state index in [2.05, 4.69) is 6.92 Å². The molecule has 82 valence electrons. The van der Waals surface area contributed by atoms with Gasteiger partial charge in [0, 0.05) is 12.7 Å². The lowest BCUT2D eigenvalue weighted by Crippen LogP contribution is -2.01. The second kappa shape index (κ2) is 5.66. The second-order valence-electron chi connectivity index (χ2n) is 3.69. The van der Waals surface area contributed by atoms with Gasteiger partial charge in [0.2, 0.25) is 0 Å². The van der Waals surface area contributed by atoms with E-state index in [4.69, 9.17) is 4.74 Å². The maximum atomic E-state index is 11.1. The van der Waals surface area contributed by atoms with Crippen LogP contribution in [0, 0.1) is 0 Å². The molecule has 2 nitrogen and oxygen atoms in total. The van der Waals surface area contributed by atoms with Gasteiger partial charge in [-0.1, -0.05) is 37.6 Å². The lowest BCUT2D eigenvalue weighted by molar-refractivity contribution is 0.0948. The van der Waals surface area contributed by atoms with Gasteiger partial charge in [0.25, 0.3) is 0 Å². The highest BCUT2D eigenvalue weighted by Crippen LogP contribution is 2.22. The Morgan fingerprint density at radius 2 is 1.93 bits per heavy atom. The third-order valence-corrected chi connectivity index (χ3v) is 2.52. The van der Waals surface area contributed by atoms with E-state index < -0.39 is 0 Å². The minimum Gasteiger partial charge on any atom is -0.377 e. The van der Waals surface area contributed by atoms with Gasteiger partial charge in [0.1, 0.15) is 0 Å². The first-order chi connectivity index (χ1) is 7.19. The van der Waals surface area contributed by atoms with Crippen LogP contribution in [0.4, 0.5) is 0 Å². The predicted molar refractivity (Wildman–Crippen MR) is 61.1 cm³/mol. The molecule has 0 N–H and O–H groups in total. The number of methoxy groups -OCH3 is 1. The fourth-order valence-electron chi connectivity index (χ4n) is 1.62. The summed E-state index contributed by atoms with van der Waals surface area (Å²) in [7, 11) is 1.72. The van der Waals surface area contributed by atoms with Crippen molar-refractivity contribution in [3.05, 3.63) is 35.4 Å². The number of benzene rings is 1. The first-order valence-electron chi connectivity index (χ1n) is 5.32. The van der Waals surface area contributed by atoms with Crippen LogP contribution in [0.2, 0.25) is 0 Å². The Balaban J connectivity index is 2.81. The van der Waals surface area contributed by atoms with Crippen LogP contribution in [0.1, 0.15) is 48.7 Å². The second-order valence-corrected chi connectivity index (χ2v) is 3.69. The molecule has 0 aliphatic heterocycles. The molecule has 0 aromatic heterocycles. The van der Waals surface area contributed by atoms with Gasteiger partial charge in [-0.05, 0) is 18.9 Å². The molecule has 0 unspecified atom stereocenters. The largest absolute Gasteiger partial charge is 0.377 e. The number of carbonyl (C=O) groups excluding carboxylic acids is 1. The number of carbonyl (C=O) groups is 1. The fourth-order valence-corrected chi connectivity index (χ4v) is 1.62. The molecule has 0 aliphatic rings. The molecule has 0 spiro atoms. The molecule has 0 saturated carbocycles. The van der Waals surface area contributed by atoms with Crippen molar-refractivity contribution in [3.63, 3.8) is 0 Å². The summed E-state index contributed by atoms with van der Waals surface area (Å²) in [4.78, 5) is 11.1. The van der Waals surface area contributed by atoms with E-state index in [0.717, 1.165) is 24.0 Å². The van der Waals surface area contributed by atoms with Crippen LogP contribution >= 0.6 is 0 Å². The van der Waals surface area contributed by atoms with E-state index in [9.17, 15) is 4.79 Å². The van der Waals surface area contributed by atoms with Gasteiger partial charge in [0.05, 0.1) is 6.10 Å². The third-order valence-electron chi connectivity index (χ3n) is 2.52. The predicted octanol–water partition coefficient (Wildman–Crippen LogP) is 3.38. The number of ether oxygens (including phenoxy) is 1. The maximum Gasteiger partial charge on any atom is 0.159 e. The summed E-state index contributed by atoms with van der Waals surface area (Å²) in [5.41, 5.74) is 1.90. The molecule has 0 aliphatic carbocycles. The van der Waals surface area contributed by atoms with Crippen LogP contribution in [0.3, 0.4) is 0 Å². The molecule has 1 aromatic carbocycles. The van der Waals surface area contributed by atoms with Crippen molar-refractivity contribution in [1.29, 1.82) is 0 Å². The van der Waals surface area contributed by atoms with E-state index in [1.165, 1.54) is 0 Å². The van der Waals surface area contributed by atoms with Crippen molar-refractivity contribution < 1.29 is 9.53 Å². The average molecular weight is 206 g/mol. The van der Waals surface area contributed by atoms with Gasteiger partial charge in [-0.25, -0.2) is 0 Å². The molecule has 1 atom stereocenters. The van der Waals surface area contributed by atoms with E-state index in [1.54, 1.807) is 14.0 Å². The van der Waals surface area contributed by atoms with Crippen molar-refractivity contribution in [2.45, 2.75) is 32.8 Å². The monoisotopic (exact) mass is 206 g/mol. The highest BCUT2D eigenvalue weighted by atomic mass is 16.5. The van der Waals surface area contributed by atoms with E-state index in [0.29, 0.717) is 0 Å². The molecule has 1 rings (SSSR count). The lowest BCUT2D eigenvalue weighted by atomic mass is 10.0. The topological polar surface area (TPSA) is 26.3 Å². The summed E-state index contributed by atoms with van der Waals surface area (Å²) in [6.45, 7) is 3.71. The van der Waals surface area contributed by atoms with Gasteiger partial charge < -0.3 is 4.74 Å². The Morgan fingerprint density at radius 1 is 1.33 bits per heavy atom. The van der Waals surface area contributed by atoms with E-state index >= 15 is 0 Å². The van der Waals surface area contributed by atoms with Gasteiger partial charge >= 0.3 is 0 Å². The molecule has 0 radical (unpaired) electrons. The van der Waals surface area contributed by atoms with Crippen LogP contribution in [-0.2, 0) is 4.74 Å². The number of Topliss-reactive ketones (excluding diaryl/α,β-unsaturated/α-hetero) is 1. The number of hydrogen-bond acceptors (Lipinski definition) is 2. The van der Waals surface area contributed by atoms with Gasteiger partial charge in [0.15, 0.2) is 5.78 Å². The molecule has 0 heterocycles. The van der Waals surface area contributed by atoms with Crippen LogP contribution < -0.4 is 0 Å². The van der Waals surface area contributed by atoms with E-state index in [1.807, 2.05) is 24.3 Å². The Hall–Kier alpha value is -1.15. The molecule has 0 saturated heterocycles. The first-order valence-corrected chi connectivity index (χ1v) is 5.32. The average Bonchev–Trinajstić information content (AvgIpc) is 2.26. The van der Waals surface area contributed by atoms with Crippen molar-refractivity contribution in [1.82, 2.24) is 0 Å². The molecule has 15 heavy (non-hydrogen) atoms. The van der Waals surface area contributed by atoms with Gasteiger partial charge in [-0.3, -0.25) is 4.79 Å². The highest BCUT2D eigenvalue weighted by Gasteiger charge is 2.09. The molecular weight excluding hydrogens is 188 g/mol. The lowest BCUT2D eigenvalue weighted by Gasteiger charge is -2.14. The third kappa shape index (κ3) is 3.17. The summed E-state index contributed by atoms with van der Waals surface area (Å²) in [6, 6.07) is 7.67.